The number of nitrogens with zero attached hydrogens (tertiary/aromatic N) is 3. The van der Waals surface area contributed by atoms with E-state index in [1.54, 1.807) is 0 Å². The molecule has 1 unspecified atom stereocenters. The van der Waals surface area contributed by atoms with E-state index in [-0.39, 0.29) is 11.9 Å². The first-order valence-electron chi connectivity index (χ1n) is 7.16. The molecule has 0 spiro atoms. The van der Waals surface area contributed by atoms with E-state index in [4.69, 9.17) is 0 Å². The predicted molar refractivity (Wildman–Crippen MR) is 80.8 cm³/mol. The summed E-state index contributed by atoms with van der Waals surface area (Å²) in [6.07, 6.45) is 1.95. The molecule has 1 amide bonds. The van der Waals surface area contributed by atoms with Gasteiger partial charge in [0.2, 0.25) is 5.91 Å². The van der Waals surface area contributed by atoms with Gasteiger partial charge < -0.3 is 15.2 Å². The largest absolute Gasteiger partial charge is 0.325 e. The van der Waals surface area contributed by atoms with Gasteiger partial charge in [0.05, 0.1) is 6.04 Å². The van der Waals surface area contributed by atoms with Gasteiger partial charge in [-0.3, -0.25) is 4.79 Å². The minimum atomic E-state index is -0.0780. The summed E-state index contributed by atoms with van der Waals surface area (Å²) < 4.78 is 1.93. The highest BCUT2D eigenvalue weighted by Crippen LogP contribution is 2.21. The molecule has 1 saturated heterocycles. The van der Waals surface area contributed by atoms with Crippen molar-refractivity contribution in [1.82, 2.24) is 20.1 Å². The van der Waals surface area contributed by atoms with Crippen LogP contribution in [0.3, 0.4) is 0 Å². The average Bonchev–Trinajstić information content (AvgIpc) is 3.11. The van der Waals surface area contributed by atoms with Crippen molar-refractivity contribution in [2.45, 2.75) is 25.8 Å². The molecule has 0 bridgehead atoms. The Morgan fingerprint density at radius 1 is 1.43 bits per heavy atom. The van der Waals surface area contributed by atoms with Gasteiger partial charge in [-0.2, -0.15) is 0 Å². The molecule has 2 aromatic rings. The molecule has 1 aliphatic heterocycles. The Balaban J connectivity index is 1.80. The zero-order chi connectivity index (χ0) is 14.8. The van der Waals surface area contributed by atoms with Crippen LogP contribution < -0.4 is 10.6 Å². The summed E-state index contributed by atoms with van der Waals surface area (Å²) >= 11 is 0. The summed E-state index contributed by atoms with van der Waals surface area (Å²) in [5.74, 6) is 1.68. The Morgan fingerprint density at radius 2 is 2.29 bits per heavy atom. The summed E-state index contributed by atoms with van der Waals surface area (Å²) in [6, 6.07) is 7.62. The summed E-state index contributed by atoms with van der Waals surface area (Å²) in [6.45, 7) is 2.82. The molecule has 6 nitrogen and oxygen atoms in total. The fourth-order valence-electron chi connectivity index (χ4n) is 2.53. The Labute approximate surface area is 123 Å². The molecular weight excluding hydrogens is 266 g/mol. The lowest BCUT2D eigenvalue weighted by Gasteiger charge is -2.12. The molecule has 0 saturated carbocycles. The van der Waals surface area contributed by atoms with Crippen molar-refractivity contribution in [1.29, 1.82) is 0 Å². The van der Waals surface area contributed by atoms with Gasteiger partial charge in [-0.05, 0) is 38.4 Å². The maximum Gasteiger partial charge on any atom is 0.241 e. The SMILES string of the molecule is Cc1nnc(-c2cccc(NC(=O)C3CCCN3)c2)n1C. The first kappa shape index (κ1) is 13.8. The molecule has 0 radical (unpaired) electrons. The van der Waals surface area contributed by atoms with Gasteiger partial charge in [0, 0.05) is 18.3 Å². The Kier molecular flexibility index (Phi) is 3.70. The molecule has 3 rings (SSSR count). The summed E-state index contributed by atoms with van der Waals surface area (Å²) in [5, 5.41) is 14.4. The van der Waals surface area contributed by atoms with Gasteiger partial charge in [-0.25, -0.2) is 0 Å². The standard InChI is InChI=1S/C15H19N5O/c1-10-18-19-14(20(10)2)11-5-3-6-12(9-11)17-15(21)13-7-4-8-16-13/h3,5-6,9,13,16H,4,7-8H2,1-2H3,(H,17,21). The minimum Gasteiger partial charge on any atom is -0.325 e. The molecule has 1 fully saturated rings. The summed E-state index contributed by atoms with van der Waals surface area (Å²) in [4.78, 5) is 12.1. The van der Waals surface area contributed by atoms with Crippen LogP contribution in [0.1, 0.15) is 18.7 Å². The first-order valence-corrected chi connectivity index (χ1v) is 7.16. The zero-order valence-electron chi connectivity index (χ0n) is 12.3. The van der Waals surface area contributed by atoms with Crippen molar-refractivity contribution in [3.8, 4) is 11.4 Å². The Hall–Kier alpha value is -2.21. The summed E-state index contributed by atoms with van der Waals surface area (Å²) in [7, 11) is 1.93. The molecule has 2 N–H and O–H groups in total. The van der Waals surface area contributed by atoms with E-state index in [0.29, 0.717) is 0 Å². The van der Waals surface area contributed by atoms with Crippen LogP contribution in [-0.4, -0.2) is 33.3 Å². The van der Waals surface area contributed by atoms with E-state index in [1.165, 1.54) is 0 Å². The van der Waals surface area contributed by atoms with Crippen molar-refractivity contribution >= 4 is 11.6 Å². The average molecular weight is 285 g/mol. The fraction of sp³-hybridized carbons (Fsp3) is 0.400. The van der Waals surface area contributed by atoms with Crippen LogP contribution in [0.5, 0.6) is 0 Å². The molecule has 2 heterocycles. The molecule has 0 aliphatic carbocycles. The van der Waals surface area contributed by atoms with Gasteiger partial charge in [-0.15, -0.1) is 10.2 Å². The van der Waals surface area contributed by atoms with Crippen LogP contribution in [0.15, 0.2) is 24.3 Å². The van der Waals surface area contributed by atoms with E-state index < -0.39 is 0 Å². The fourth-order valence-corrected chi connectivity index (χ4v) is 2.53. The second-order valence-electron chi connectivity index (χ2n) is 5.35. The third kappa shape index (κ3) is 2.80. The summed E-state index contributed by atoms with van der Waals surface area (Å²) in [5.41, 5.74) is 1.72. The topological polar surface area (TPSA) is 71.8 Å². The van der Waals surface area contributed by atoms with Crippen LogP contribution >= 0.6 is 0 Å². The minimum absolute atomic E-state index is 0.0267. The second-order valence-corrected chi connectivity index (χ2v) is 5.35. The maximum absolute atomic E-state index is 12.1. The third-order valence-electron chi connectivity index (χ3n) is 3.86. The predicted octanol–water partition coefficient (Wildman–Crippen LogP) is 1.48. The number of amides is 1. The molecule has 1 aliphatic rings. The van der Waals surface area contributed by atoms with E-state index >= 15 is 0 Å². The van der Waals surface area contributed by atoms with Crippen molar-refractivity contribution in [3.05, 3.63) is 30.1 Å². The van der Waals surface area contributed by atoms with Gasteiger partial charge in [0.25, 0.3) is 0 Å². The molecule has 1 atom stereocenters. The van der Waals surface area contributed by atoms with Crippen LogP contribution in [0, 0.1) is 6.92 Å². The monoisotopic (exact) mass is 285 g/mol. The number of carbonyl (C=O) groups excluding carboxylic acids is 1. The molecule has 1 aromatic carbocycles. The Morgan fingerprint density at radius 3 is 2.95 bits per heavy atom. The number of hydrogen-bond donors (Lipinski definition) is 2. The van der Waals surface area contributed by atoms with E-state index in [2.05, 4.69) is 20.8 Å². The van der Waals surface area contributed by atoms with E-state index in [0.717, 1.165) is 42.3 Å². The molecule has 110 valence electrons. The number of nitrogens with one attached hydrogen (secondary N) is 2. The quantitative estimate of drug-likeness (QED) is 0.896. The lowest BCUT2D eigenvalue weighted by Crippen LogP contribution is -2.35. The molecular formula is C15H19N5O. The van der Waals surface area contributed by atoms with Crippen molar-refractivity contribution in [2.75, 3.05) is 11.9 Å². The molecule has 1 aromatic heterocycles. The van der Waals surface area contributed by atoms with Crippen LogP contribution in [-0.2, 0) is 11.8 Å². The number of aromatic nitrogens is 3. The van der Waals surface area contributed by atoms with Gasteiger partial charge in [-0.1, -0.05) is 12.1 Å². The van der Waals surface area contributed by atoms with Crippen molar-refractivity contribution < 1.29 is 4.79 Å². The smallest absolute Gasteiger partial charge is 0.241 e. The number of carbonyl (C=O) groups is 1. The van der Waals surface area contributed by atoms with Gasteiger partial charge in [0.15, 0.2) is 5.82 Å². The molecule has 21 heavy (non-hydrogen) atoms. The zero-order valence-corrected chi connectivity index (χ0v) is 12.3. The highest BCUT2D eigenvalue weighted by molar-refractivity contribution is 5.95. The molecule has 6 heteroatoms. The highest BCUT2D eigenvalue weighted by atomic mass is 16.2. The van der Waals surface area contributed by atoms with E-state index in [9.17, 15) is 4.79 Å². The third-order valence-corrected chi connectivity index (χ3v) is 3.86. The number of aryl methyl sites for hydroxylation is 1. The van der Waals surface area contributed by atoms with Crippen LogP contribution in [0.2, 0.25) is 0 Å². The van der Waals surface area contributed by atoms with Crippen molar-refractivity contribution in [2.24, 2.45) is 7.05 Å². The second kappa shape index (κ2) is 5.65. The number of benzene rings is 1. The van der Waals surface area contributed by atoms with E-state index in [1.807, 2.05) is 42.8 Å². The Bertz CT molecular complexity index is 658. The van der Waals surface area contributed by atoms with Gasteiger partial charge in [0.1, 0.15) is 5.82 Å². The number of rotatable bonds is 3. The van der Waals surface area contributed by atoms with Crippen LogP contribution in [0.25, 0.3) is 11.4 Å². The van der Waals surface area contributed by atoms with Crippen LogP contribution in [0.4, 0.5) is 5.69 Å². The lowest BCUT2D eigenvalue weighted by atomic mass is 10.1. The number of anilines is 1. The maximum atomic E-state index is 12.1. The van der Waals surface area contributed by atoms with Crippen molar-refractivity contribution in [3.63, 3.8) is 0 Å². The highest BCUT2D eigenvalue weighted by Gasteiger charge is 2.22. The van der Waals surface area contributed by atoms with Gasteiger partial charge >= 0.3 is 0 Å². The normalized spacial score (nSPS) is 17.9. The lowest BCUT2D eigenvalue weighted by molar-refractivity contribution is -0.117. The number of hydrogen-bond acceptors (Lipinski definition) is 4. The first-order chi connectivity index (χ1) is 10.1.